The number of amides is 1. The quantitative estimate of drug-likeness (QED) is 0.914. The lowest BCUT2D eigenvalue weighted by atomic mass is 9.96. The van der Waals surface area contributed by atoms with Crippen molar-refractivity contribution in [3.63, 3.8) is 0 Å². The minimum absolute atomic E-state index is 0.0506. The highest BCUT2D eigenvalue weighted by Crippen LogP contribution is 2.19. The van der Waals surface area contributed by atoms with E-state index in [4.69, 9.17) is 4.98 Å². The third-order valence-electron chi connectivity index (χ3n) is 4.01. The molecule has 0 fully saturated rings. The van der Waals surface area contributed by atoms with E-state index in [-0.39, 0.29) is 11.3 Å². The summed E-state index contributed by atoms with van der Waals surface area (Å²) in [5.41, 5.74) is 1.75. The van der Waals surface area contributed by atoms with Gasteiger partial charge in [0.05, 0.1) is 17.6 Å². The summed E-state index contributed by atoms with van der Waals surface area (Å²) in [5.74, 6) is 1.56. The number of para-hydroxylation sites is 2. The molecule has 1 atom stereocenters. The number of benzene rings is 1. The molecule has 0 saturated carbocycles. The van der Waals surface area contributed by atoms with Crippen molar-refractivity contribution >= 4 is 16.9 Å². The van der Waals surface area contributed by atoms with E-state index in [1.807, 2.05) is 39.0 Å². The van der Waals surface area contributed by atoms with Crippen molar-refractivity contribution in [1.82, 2.24) is 14.9 Å². The summed E-state index contributed by atoms with van der Waals surface area (Å²) in [6, 6.07) is 8.16. The third-order valence-corrected chi connectivity index (χ3v) is 4.01. The van der Waals surface area contributed by atoms with Crippen LogP contribution in [0.15, 0.2) is 24.3 Å². The molecule has 1 unspecified atom stereocenters. The van der Waals surface area contributed by atoms with E-state index < -0.39 is 0 Å². The standard InChI is InChI=1S/C18H27N3O/c1-6-13(2)12-21-15-10-8-7-9-14(15)20-16(21)11-19-17(22)18(3,4)5/h7-10,13H,6,11-12H2,1-5H3,(H,19,22). The first-order valence-electron chi connectivity index (χ1n) is 8.05. The van der Waals surface area contributed by atoms with E-state index in [0.29, 0.717) is 12.5 Å². The van der Waals surface area contributed by atoms with Crippen LogP contribution >= 0.6 is 0 Å². The van der Waals surface area contributed by atoms with E-state index in [2.05, 4.69) is 29.8 Å². The monoisotopic (exact) mass is 301 g/mol. The van der Waals surface area contributed by atoms with Gasteiger partial charge in [-0.3, -0.25) is 4.79 Å². The number of carbonyl (C=O) groups excluding carboxylic acids is 1. The molecule has 1 heterocycles. The second-order valence-electron chi connectivity index (χ2n) is 7.07. The number of nitrogens with zero attached hydrogens (tertiary/aromatic N) is 2. The van der Waals surface area contributed by atoms with E-state index in [9.17, 15) is 4.79 Å². The van der Waals surface area contributed by atoms with Crippen molar-refractivity contribution in [2.45, 2.75) is 54.1 Å². The molecule has 1 aromatic carbocycles. The Morgan fingerprint density at radius 2 is 2.00 bits per heavy atom. The zero-order valence-corrected chi connectivity index (χ0v) is 14.3. The van der Waals surface area contributed by atoms with Crippen LogP contribution in [0.5, 0.6) is 0 Å². The van der Waals surface area contributed by atoms with E-state index in [1.165, 1.54) is 0 Å². The highest BCUT2D eigenvalue weighted by atomic mass is 16.2. The number of aromatic nitrogens is 2. The van der Waals surface area contributed by atoms with Gasteiger partial charge in [0.25, 0.3) is 0 Å². The highest BCUT2D eigenvalue weighted by Gasteiger charge is 2.21. The maximum Gasteiger partial charge on any atom is 0.225 e. The van der Waals surface area contributed by atoms with Crippen molar-refractivity contribution in [1.29, 1.82) is 0 Å². The number of fused-ring (bicyclic) bond motifs is 1. The summed E-state index contributed by atoms with van der Waals surface area (Å²) in [7, 11) is 0. The Labute approximate surface area is 132 Å². The summed E-state index contributed by atoms with van der Waals surface area (Å²) in [4.78, 5) is 16.8. The lowest BCUT2D eigenvalue weighted by Gasteiger charge is -2.18. The molecule has 0 saturated heterocycles. The molecule has 0 aliphatic heterocycles. The molecule has 4 heteroatoms. The lowest BCUT2D eigenvalue weighted by Crippen LogP contribution is -2.35. The SMILES string of the molecule is CCC(C)Cn1c(CNC(=O)C(C)(C)C)nc2ccccc21. The molecule has 2 rings (SSSR count). The Kier molecular flexibility index (Phi) is 4.89. The predicted octanol–water partition coefficient (Wildman–Crippen LogP) is 3.74. The molecule has 22 heavy (non-hydrogen) atoms. The Balaban J connectivity index is 2.28. The minimum Gasteiger partial charge on any atom is -0.348 e. The first kappa shape index (κ1) is 16.5. The van der Waals surface area contributed by atoms with Crippen molar-refractivity contribution in [2.24, 2.45) is 11.3 Å². The maximum absolute atomic E-state index is 12.1. The van der Waals surface area contributed by atoms with Crippen molar-refractivity contribution in [2.75, 3.05) is 0 Å². The van der Waals surface area contributed by atoms with E-state index in [1.54, 1.807) is 0 Å². The van der Waals surface area contributed by atoms with Gasteiger partial charge in [0.15, 0.2) is 0 Å². The van der Waals surface area contributed by atoms with Gasteiger partial charge in [-0.25, -0.2) is 4.98 Å². The first-order chi connectivity index (χ1) is 10.3. The van der Waals surface area contributed by atoms with Gasteiger partial charge in [-0.05, 0) is 18.1 Å². The molecule has 2 aromatic rings. The van der Waals surface area contributed by atoms with Gasteiger partial charge in [-0.1, -0.05) is 53.2 Å². The zero-order chi connectivity index (χ0) is 16.3. The van der Waals surface area contributed by atoms with Gasteiger partial charge >= 0.3 is 0 Å². The maximum atomic E-state index is 12.1. The number of rotatable bonds is 5. The molecule has 1 aromatic heterocycles. The average molecular weight is 301 g/mol. The first-order valence-corrected chi connectivity index (χ1v) is 8.05. The van der Waals surface area contributed by atoms with Gasteiger partial charge in [0.1, 0.15) is 5.82 Å². The Bertz CT molecular complexity index is 652. The van der Waals surface area contributed by atoms with Crippen LogP contribution in [0.3, 0.4) is 0 Å². The molecule has 0 bridgehead atoms. The number of hydrogen-bond donors (Lipinski definition) is 1. The minimum atomic E-state index is -0.381. The molecule has 0 spiro atoms. The van der Waals surface area contributed by atoms with Crippen molar-refractivity contribution < 1.29 is 4.79 Å². The second kappa shape index (κ2) is 6.51. The van der Waals surface area contributed by atoms with Crippen LogP contribution in [0.2, 0.25) is 0 Å². The molecular formula is C18H27N3O. The zero-order valence-electron chi connectivity index (χ0n) is 14.3. The number of carbonyl (C=O) groups is 1. The summed E-state index contributed by atoms with van der Waals surface area (Å²) in [6.45, 7) is 11.6. The summed E-state index contributed by atoms with van der Waals surface area (Å²) < 4.78 is 2.24. The molecule has 0 aliphatic carbocycles. The summed E-state index contributed by atoms with van der Waals surface area (Å²) >= 11 is 0. The number of nitrogens with one attached hydrogen (secondary N) is 1. The van der Waals surface area contributed by atoms with E-state index in [0.717, 1.165) is 29.8 Å². The molecule has 1 amide bonds. The Morgan fingerprint density at radius 3 is 2.64 bits per heavy atom. The fourth-order valence-electron chi connectivity index (χ4n) is 2.33. The molecular weight excluding hydrogens is 274 g/mol. The summed E-state index contributed by atoms with van der Waals surface area (Å²) in [6.07, 6.45) is 1.13. The molecule has 0 radical (unpaired) electrons. The normalized spacial score (nSPS) is 13.3. The fraction of sp³-hybridized carbons (Fsp3) is 0.556. The molecule has 120 valence electrons. The van der Waals surface area contributed by atoms with Crippen LogP contribution in [0.25, 0.3) is 11.0 Å². The average Bonchev–Trinajstić information content (AvgIpc) is 2.81. The van der Waals surface area contributed by atoms with Crippen LogP contribution in [-0.4, -0.2) is 15.5 Å². The van der Waals surface area contributed by atoms with Crippen LogP contribution in [-0.2, 0) is 17.9 Å². The lowest BCUT2D eigenvalue weighted by molar-refractivity contribution is -0.128. The Hall–Kier alpha value is -1.84. The van der Waals surface area contributed by atoms with Gasteiger partial charge in [-0.2, -0.15) is 0 Å². The van der Waals surface area contributed by atoms with E-state index >= 15 is 0 Å². The molecule has 1 N–H and O–H groups in total. The Morgan fingerprint density at radius 1 is 1.32 bits per heavy atom. The second-order valence-corrected chi connectivity index (χ2v) is 7.07. The van der Waals surface area contributed by atoms with Crippen molar-refractivity contribution in [3.8, 4) is 0 Å². The largest absolute Gasteiger partial charge is 0.348 e. The molecule has 4 nitrogen and oxygen atoms in total. The number of hydrogen-bond acceptors (Lipinski definition) is 2. The van der Waals surface area contributed by atoms with Gasteiger partial charge in [-0.15, -0.1) is 0 Å². The third kappa shape index (κ3) is 3.67. The van der Waals surface area contributed by atoms with Gasteiger partial charge in [0, 0.05) is 12.0 Å². The molecule has 0 aliphatic rings. The predicted molar refractivity (Wildman–Crippen MR) is 90.5 cm³/mol. The fourth-order valence-corrected chi connectivity index (χ4v) is 2.33. The van der Waals surface area contributed by atoms with Crippen LogP contribution in [0.1, 0.15) is 46.9 Å². The highest BCUT2D eigenvalue weighted by molar-refractivity contribution is 5.81. The topological polar surface area (TPSA) is 46.9 Å². The van der Waals surface area contributed by atoms with Crippen LogP contribution < -0.4 is 5.32 Å². The smallest absolute Gasteiger partial charge is 0.225 e. The summed E-state index contributed by atoms with van der Waals surface area (Å²) in [5, 5.41) is 3.01. The van der Waals surface area contributed by atoms with Crippen LogP contribution in [0, 0.1) is 11.3 Å². The van der Waals surface area contributed by atoms with Crippen molar-refractivity contribution in [3.05, 3.63) is 30.1 Å². The van der Waals surface area contributed by atoms with Crippen LogP contribution in [0.4, 0.5) is 0 Å². The number of imidazole rings is 1. The van der Waals surface area contributed by atoms with Gasteiger partial charge < -0.3 is 9.88 Å². The van der Waals surface area contributed by atoms with Gasteiger partial charge in [0.2, 0.25) is 5.91 Å².